The number of nitrogens with one attached hydrogen (secondary N) is 1. The van der Waals surface area contributed by atoms with Gasteiger partial charge in [0.05, 0.1) is 11.7 Å². The van der Waals surface area contributed by atoms with Crippen LogP contribution in [-0.4, -0.2) is 67.5 Å². The average molecular weight is 507 g/mol. The van der Waals surface area contributed by atoms with Gasteiger partial charge < -0.3 is 25.2 Å². The summed E-state index contributed by atoms with van der Waals surface area (Å²) in [6, 6.07) is 6.48. The summed E-state index contributed by atoms with van der Waals surface area (Å²) in [7, 11) is 3.51. The van der Waals surface area contributed by atoms with Crippen molar-refractivity contribution in [2.75, 3.05) is 40.4 Å². The van der Waals surface area contributed by atoms with E-state index < -0.39 is 17.5 Å². The molecule has 3 N–H and O–H groups in total. The molecule has 0 unspecified atom stereocenters. The molecule has 1 aliphatic heterocycles. The number of piperidine rings is 1. The highest BCUT2D eigenvalue weighted by molar-refractivity contribution is 5.76. The number of unbranched alkanes of at least 4 members (excludes halogenated alkanes) is 1. The van der Waals surface area contributed by atoms with Gasteiger partial charge in [-0.05, 0) is 64.0 Å². The Balaban J connectivity index is 1.71. The third-order valence-electron chi connectivity index (χ3n) is 8.47. The second-order valence-electron chi connectivity index (χ2n) is 10.9. The summed E-state index contributed by atoms with van der Waals surface area (Å²) < 4.78 is 20.1. The lowest BCUT2D eigenvalue weighted by molar-refractivity contribution is -0.139. The van der Waals surface area contributed by atoms with E-state index in [4.69, 9.17) is 4.74 Å². The van der Waals surface area contributed by atoms with Crippen molar-refractivity contribution in [3.63, 3.8) is 0 Å². The number of ether oxygens (including phenoxy) is 1. The lowest BCUT2D eigenvalue weighted by Crippen LogP contribution is -2.49. The van der Waals surface area contributed by atoms with Gasteiger partial charge in [0.25, 0.3) is 0 Å². The number of carbonyl (C=O) groups is 1. The van der Waals surface area contributed by atoms with Crippen molar-refractivity contribution in [2.24, 2.45) is 17.8 Å². The minimum atomic E-state index is -1.34. The van der Waals surface area contributed by atoms with Crippen LogP contribution in [-0.2, 0) is 15.1 Å². The van der Waals surface area contributed by atoms with Gasteiger partial charge in [0.2, 0.25) is 5.91 Å². The zero-order valence-corrected chi connectivity index (χ0v) is 22.3. The van der Waals surface area contributed by atoms with Crippen LogP contribution in [0.15, 0.2) is 24.3 Å². The molecule has 1 saturated carbocycles. The molecule has 1 amide bonds. The highest BCUT2D eigenvalue weighted by Gasteiger charge is 2.43. The van der Waals surface area contributed by atoms with Gasteiger partial charge in [0, 0.05) is 57.2 Å². The van der Waals surface area contributed by atoms with Crippen LogP contribution in [0.5, 0.6) is 0 Å². The normalized spacial score (nSPS) is 22.7. The van der Waals surface area contributed by atoms with E-state index in [0.717, 1.165) is 44.9 Å². The minimum absolute atomic E-state index is 0.0186. The average Bonchev–Trinajstić information content (AvgIpc) is 2.91. The zero-order valence-electron chi connectivity index (χ0n) is 22.3. The molecule has 1 aromatic carbocycles. The topological polar surface area (TPSA) is 82.0 Å². The number of halogens is 1. The maximum Gasteiger partial charge on any atom is 0.223 e. The van der Waals surface area contributed by atoms with Gasteiger partial charge >= 0.3 is 0 Å². The Labute approximate surface area is 216 Å². The van der Waals surface area contributed by atoms with Gasteiger partial charge in [-0.15, -0.1) is 0 Å². The van der Waals surface area contributed by atoms with Crippen LogP contribution in [0.2, 0.25) is 0 Å². The first-order valence-electron chi connectivity index (χ1n) is 14.0. The summed E-state index contributed by atoms with van der Waals surface area (Å²) in [5.41, 5.74) is -1.02. The van der Waals surface area contributed by atoms with E-state index in [-0.39, 0.29) is 30.1 Å². The summed E-state index contributed by atoms with van der Waals surface area (Å²) in [5, 5.41) is 26.2. The number of benzene rings is 1. The first-order valence-corrected chi connectivity index (χ1v) is 14.0. The number of amides is 1. The maximum absolute atomic E-state index is 14.9. The number of hydrogen-bond acceptors (Lipinski definition) is 5. The van der Waals surface area contributed by atoms with E-state index >= 15 is 0 Å². The fraction of sp³-hybridized carbons (Fsp3) is 0.759. The van der Waals surface area contributed by atoms with Gasteiger partial charge in [-0.1, -0.05) is 37.5 Å². The molecule has 0 aromatic heterocycles. The summed E-state index contributed by atoms with van der Waals surface area (Å²) in [6.07, 6.45) is 8.81. The molecule has 1 saturated heterocycles. The van der Waals surface area contributed by atoms with E-state index in [9.17, 15) is 19.4 Å². The van der Waals surface area contributed by atoms with Gasteiger partial charge in [-0.25, -0.2) is 4.39 Å². The molecule has 2 aliphatic rings. The van der Waals surface area contributed by atoms with Crippen LogP contribution in [0.3, 0.4) is 0 Å². The van der Waals surface area contributed by atoms with Crippen LogP contribution >= 0.6 is 0 Å². The van der Waals surface area contributed by atoms with E-state index in [1.165, 1.54) is 12.5 Å². The predicted octanol–water partition coefficient (Wildman–Crippen LogP) is 4.24. The first-order chi connectivity index (χ1) is 17.4. The number of hydrogen-bond donors (Lipinski definition) is 3. The quantitative estimate of drug-likeness (QED) is 0.349. The lowest BCUT2D eigenvalue weighted by Gasteiger charge is -2.43. The maximum atomic E-state index is 14.9. The van der Waals surface area contributed by atoms with E-state index in [0.29, 0.717) is 44.6 Å². The first kappa shape index (κ1) is 29.0. The van der Waals surface area contributed by atoms with E-state index in [2.05, 4.69) is 5.32 Å². The predicted molar refractivity (Wildman–Crippen MR) is 140 cm³/mol. The van der Waals surface area contributed by atoms with Crippen molar-refractivity contribution in [3.05, 3.63) is 35.6 Å². The van der Waals surface area contributed by atoms with Gasteiger partial charge in [-0.3, -0.25) is 4.79 Å². The second-order valence-corrected chi connectivity index (χ2v) is 10.9. The van der Waals surface area contributed by atoms with Gasteiger partial charge in [-0.2, -0.15) is 0 Å². The van der Waals surface area contributed by atoms with E-state index in [1.807, 2.05) is 11.9 Å². The molecule has 2 fully saturated rings. The molecule has 4 atom stereocenters. The van der Waals surface area contributed by atoms with Crippen molar-refractivity contribution < 1.29 is 24.1 Å². The largest absolute Gasteiger partial charge is 0.392 e. The minimum Gasteiger partial charge on any atom is -0.392 e. The summed E-state index contributed by atoms with van der Waals surface area (Å²) in [6.45, 7) is 2.23. The van der Waals surface area contributed by atoms with E-state index in [1.54, 1.807) is 25.3 Å². The standard InChI is InChI=1S/C29H47FN2O4/c1-31-20-23(28(34)22-11-4-3-5-12-22)19-27(33)32-17-10-13-24(21-32)29(35,16-8-9-18-36-2)25-14-6-7-15-26(25)30/h6-7,14-15,22-24,28,31,34-35H,3-5,8-13,16-21H2,1-2H3/t23-,24-,28+,29+/m1/s1. The van der Waals surface area contributed by atoms with Gasteiger partial charge in [0.1, 0.15) is 5.82 Å². The number of methoxy groups -OCH3 is 1. The fourth-order valence-corrected chi connectivity index (χ4v) is 6.40. The number of aliphatic hydroxyl groups excluding tert-OH is 1. The third-order valence-corrected chi connectivity index (χ3v) is 8.47. The van der Waals surface area contributed by atoms with Crippen LogP contribution in [0, 0.1) is 23.6 Å². The Bertz CT molecular complexity index is 803. The number of likely N-dealkylation sites (tertiary alicyclic amines) is 1. The highest BCUT2D eigenvalue weighted by Crippen LogP contribution is 2.41. The second kappa shape index (κ2) is 14.4. The Morgan fingerprint density at radius 2 is 1.94 bits per heavy atom. The van der Waals surface area contributed by atoms with Crippen molar-refractivity contribution in [2.45, 2.75) is 82.3 Å². The van der Waals surface area contributed by atoms with Crippen LogP contribution in [0.1, 0.15) is 76.2 Å². The monoisotopic (exact) mass is 506 g/mol. The molecule has 0 spiro atoms. The fourth-order valence-electron chi connectivity index (χ4n) is 6.40. The Morgan fingerprint density at radius 1 is 1.19 bits per heavy atom. The number of rotatable bonds is 13. The molecule has 3 rings (SSSR count). The number of nitrogens with zero attached hydrogens (tertiary/aromatic N) is 1. The highest BCUT2D eigenvalue weighted by atomic mass is 19.1. The van der Waals surface area contributed by atoms with Crippen LogP contribution in [0.25, 0.3) is 0 Å². The number of aliphatic hydroxyl groups is 2. The summed E-state index contributed by atoms with van der Waals surface area (Å²) in [5.74, 6) is -0.506. The Morgan fingerprint density at radius 3 is 2.64 bits per heavy atom. The molecule has 0 radical (unpaired) electrons. The molecule has 204 valence electrons. The summed E-state index contributed by atoms with van der Waals surface area (Å²) >= 11 is 0. The molecular formula is C29H47FN2O4. The summed E-state index contributed by atoms with van der Waals surface area (Å²) in [4.78, 5) is 15.3. The van der Waals surface area contributed by atoms with Crippen LogP contribution in [0.4, 0.5) is 4.39 Å². The molecule has 7 heteroatoms. The molecule has 1 aliphatic carbocycles. The Kier molecular flexibility index (Phi) is 11.6. The van der Waals surface area contributed by atoms with Gasteiger partial charge in [0.15, 0.2) is 0 Å². The van der Waals surface area contributed by atoms with Crippen molar-refractivity contribution >= 4 is 5.91 Å². The molecule has 0 bridgehead atoms. The molecular weight excluding hydrogens is 459 g/mol. The molecule has 1 aromatic rings. The van der Waals surface area contributed by atoms with Crippen molar-refractivity contribution in [1.82, 2.24) is 10.2 Å². The smallest absolute Gasteiger partial charge is 0.223 e. The molecule has 36 heavy (non-hydrogen) atoms. The van der Waals surface area contributed by atoms with Crippen LogP contribution < -0.4 is 5.32 Å². The Hall–Kier alpha value is -1.54. The SMILES string of the molecule is CNC[C@@H](CC(=O)N1CCC[C@@H]([C@@](O)(CCCCOC)c2ccccc2F)C1)[C@@H](O)C1CCCCC1. The number of carbonyl (C=O) groups excluding carboxylic acids is 1. The zero-order chi connectivity index (χ0) is 26.0. The lowest BCUT2D eigenvalue weighted by atomic mass is 9.73. The third kappa shape index (κ3) is 7.50. The molecule has 1 heterocycles. The van der Waals surface area contributed by atoms with Crippen molar-refractivity contribution in [1.29, 1.82) is 0 Å². The van der Waals surface area contributed by atoms with Crippen molar-refractivity contribution in [3.8, 4) is 0 Å². The molecule has 6 nitrogen and oxygen atoms in total.